The molecule has 0 aromatic carbocycles. The Morgan fingerprint density at radius 1 is 1.45 bits per heavy atom. The molecule has 0 amide bonds. The third-order valence-electron chi connectivity index (χ3n) is 2.82. The van der Waals surface area contributed by atoms with E-state index >= 15 is 0 Å². The smallest absolute Gasteiger partial charge is 0.188 e. The van der Waals surface area contributed by atoms with Crippen LogP contribution >= 0.6 is 0 Å². The van der Waals surface area contributed by atoms with Crippen LogP contribution in [0.25, 0.3) is 0 Å². The highest BCUT2D eigenvalue weighted by Gasteiger charge is 2.02. The Kier molecular flexibility index (Phi) is 5.08. The van der Waals surface area contributed by atoms with E-state index in [1.54, 1.807) is 18.5 Å². The van der Waals surface area contributed by atoms with Gasteiger partial charge in [-0.05, 0) is 36.7 Å². The van der Waals surface area contributed by atoms with Crippen molar-refractivity contribution in [2.45, 2.75) is 19.5 Å². The SMILES string of the molecule is N/C(=N/O)c1cc(CNCCCn2cccn2)ccn1. The van der Waals surface area contributed by atoms with Gasteiger partial charge in [-0.15, -0.1) is 0 Å². The van der Waals surface area contributed by atoms with Crippen LogP contribution in [0.2, 0.25) is 0 Å². The first-order valence-corrected chi connectivity index (χ1v) is 6.40. The second-order valence-corrected chi connectivity index (χ2v) is 4.33. The van der Waals surface area contributed by atoms with Gasteiger partial charge in [0.1, 0.15) is 5.69 Å². The van der Waals surface area contributed by atoms with Gasteiger partial charge >= 0.3 is 0 Å². The molecule has 0 fully saturated rings. The Morgan fingerprint density at radius 3 is 3.10 bits per heavy atom. The molecule has 0 saturated heterocycles. The Morgan fingerprint density at radius 2 is 2.35 bits per heavy atom. The lowest BCUT2D eigenvalue weighted by atomic mass is 10.2. The fourth-order valence-corrected chi connectivity index (χ4v) is 1.81. The molecule has 0 unspecified atom stereocenters. The monoisotopic (exact) mass is 274 g/mol. The predicted molar refractivity (Wildman–Crippen MR) is 75.3 cm³/mol. The van der Waals surface area contributed by atoms with Gasteiger partial charge in [-0.25, -0.2) is 0 Å². The molecule has 2 heterocycles. The molecule has 7 nitrogen and oxygen atoms in total. The van der Waals surface area contributed by atoms with Gasteiger partial charge in [-0.2, -0.15) is 5.10 Å². The molecule has 2 aromatic rings. The number of aromatic nitrogens is 3. The second kappa shape index (κ2) is 7.25. The maximum Gasteiger partial charge on any atom is 0.188 e. The average molecular weight is 274 g/mol. The zero-order valence-electron chi connectivity index (χ0n) is 11.1. The molecule has 0 atom stereocenters. The number of oxime groups is 1. The third kappa shape index (κ3) is 4.06. The van der Waals surface area contributed by atoms with Crippen LogP contribution in [0.4, 0.5) is 0 Å². The molecule has 0 spiro atoms. The lowest BCUT2D eigenvalue weighted by molar-refractivity contribution is 0.318. The number of hydrogen-bond donors (Lipinski definition) is 3. The Bertz CT molecular complexity index is 552. The van der Waals surface area contributed by atoms with Crippen molar-refractivity contribution in [1.82, 2.24) is 20.1 Å². The summed E-state index contributed by atoms with van der Waals surface area (Å²) in [6.07, 6.45) is 6.37. The number of aryl methyl sites for hydroxylation is 1. The Balaban J connectivity index is 1.74. The minimum Gasteiger partial charge on any atom is -0.409 e. The molecule has 2 rings (SSSR count). The standard InChI is InChI=1S/C13H18N6O/c14-13(18-20)12-9-11(3-6-16-12)10-15-4-1-7-19-8-2-5-17-19/h2-3,5-6,8-9,15,20H,1,4,7,10H2,(H2,14,18). The number of amidine groups is 1. The van der Waals surface area contributed by atoms with Crippen molar-refractivity contribution in [2.75, 3.05) is 6.54 Å². The first-order valence-electron chi connectivity index (χ1n) is 6.40. The Hall–Kier alpha value is -2.41. The fraction of sp³-hybridized carbons (Fsp3) is 0.308. The molecule has 0 aliphatic rings. The molecule has 0 aliphatic carbocycles. The molecule has 106 valence electrons. The largest absolute Gasteiger partial charge is 0.409 e. The van der Waals surface area contributed by atoms with E-state index in [2.05, 4.69) is 20.6 Å². The molecule has 0 saturated carbocycles. The normalized spacial score (nSPS) is 11.7. The summed E-state index contributed by atoms with van der Waals surface area (Å²) in [7, 11) is 0. The van der Waals surface area contributed by atoms with Crippen LogP contribution in [0.5, 0.6) is 0 Å². The molecule has 0 radical (unpaired) electrons. The molecule has 0 aliphatic heterocycles. The van der Waals surface area contributed by atoms with Gasteiger partial charge in [-0.1, -0.05) is 5.16 Å². The summed E-state index contributed by atoms with van der Waals surface area (Å²) >= 11 is 0. The number of nitrogens with two attached hydrogens (primary N) is 1. The van der Waals surface area contributed by atoms with E-state index in [9.17, 15) is 0 Å². The van der Waals surface area contributed by atoms with Crippen molar-refractivity contribution < 1.29 is 5.21 Å². The highest BCUT2D eigenvalue weighted by Crippen LogP contribution is 2.01. The summed E-state index contributed by atoms with van der Waals surface area (Å²) in [4.78, 5) is 4.03. The van der Waals surface area contributed by atoms with Crippen molar-refractivity contribution in [3.05, 3.63) is 48.0 Å². The number of pyridine rings is 1. The maximum absolute atomic E-state index is 8.61. The fourth-order valence-electron chi connectivity index (χ4n) is 1.81. The predicted octanol–water partition coefficient (Wildman–Crippen LogP) is 0.552. The first kappa shape index (κ1) is 14.0. The summed E-state index contributed by atoms with van der Waals surface area (Å²) in [5.74, 6) is 0.0190. The molecule has 7 heteroatoms. The van der Waals surface area contributed by atoms with Crippen LogP contribution in [0.15, 0.2) is 41.9 Å². The van der Waals surface area contributed by atoms with Gasteiger partial charge in [0.2, 0.25) is 0 Å². The highest BCUT2D eigenvalue weighted by atomic mass is 16.4. The maximum atomic E-state index is 8.61. The van der Waals surface area contributed by atoms with E-state index in [4.69, 9.17) is 10.9 Å². The summed E-state index contributed by atoms with van der Waals surface area (Å²) in [6.45, 7) is 2.50. The van der Waals surface area contributed by atoms with Crippen LogP contribution in [0.1, 0.15) is 17.7 Å². The van der Waals surface area contributed by atoms with Crippen molar-refractivity contribution in [2.24, 2.45) is 10.9 Å². The molecule has 20 heavy (non-hydrogen) atoms. The minimum atomic E-state index is 0.0190. The van der Waals surface area contributed by atoms with Crippen LogP contribution in [0.3, 0.4) is 0 Å². The Labute approximate surface area is 117 Å². The van der Waals surface area contributed by atoms with Gasteiger partial charge in [0.05, 0.1) is 0 Å². The molecule has 4 N–H and O–H groups in total. The van der Waals surface area contributed by atoms with Gasteiger partial charge in [-0.3, -0.25) is 9.67 Å². The summed E-state index contributed by atoms with van der Waals surface area (Å²) < 4.78 is 1.91. The third-order valence-corrected chi connectivity index (χ3v) is 2.82. The first-order chi connectivity index (χ1) is 9.79. The molecule has 0 bridgehead atoms. The van der Waals surface area contributed by atoms with E-state index in [0.717, 1.165) is 25.1 Å². The van der Waals surface area contributed by atoms with Gasteiger partial charge in [0.15, 0.2) is 5.84 Å². The minimum absolute atomic E-state index is 0.0190. The highest BCUT2D eigenvalue weighted by molar-refractivity contribution is 5.95. The van der Waals surface area contributed by atoms with Crippen molar-refractivity contribution in [3.63, 3.8) is 0 Å². The number of hydrogen-bond acceptors (Lipinski definition) is 5. The van der Waals surface area contributed by atoms with Crippen LogP contribution in [-0.4, -0.2) is 32.4 Å². The van der Waals surface area contributed by atoms with Crippen molar-refractivity contribution in [1.29, 1.82) is 0 Å². The lowest BCUT2D eigenvalue weighted by Crippen LogP contribution is -2.18. The second-order valence-electron chi connectivity index (χ2n) is 4.33. The molecular weight excluding hydrogens is 256 g/mol. The van der Waals surface area contributed by atoms with Crippen LogP contribution in [0, 0.1) is 0 Å². The molecule has 2 aromatic heterocycles. The van der Waals surface area contributed by atoms with E-state index in [1.165, 1.54) is 0 Å². The van der Waals surface area contributed by atoms with E-state index < -0.39 is 0 Å². The van der Waals surface area contributed by atoms with Crippen molar-refractivity contribution in [3.8, 4) is 0 Å². The van der Waals surface area contributed by atoms with Crippen LogP contribution < -0.4 is 11.1 Å². The van der Waals surface area contributed by atoms with Gasteiger partial charge < -0.3 is 16.3 Å². The van der Waals surface area contributed by atoms with Crippen molar-refractivity contribution >= 4 is 5.84 Å². The number of nitrogens with one attached hydrogen (secondary N) is 1. The van der Waals surface area contributed by atoms with Crippen LogP contribution in [-0.2, 0) is 13.1 Å². The average Bonchev–Trinajstić information content (AvgIpc) is 2.99. The van der Waals surface area contributed by atoms with E-state index in [0.29, 0.717) is 12.2 Å². The summed E-state index contributed by atoms with van der Waals surface area (Å²) in [5.41, 5.74) is 7.02. The summed E-state index contributed by atoms with van der Waals surface area (Å²) in [5, 5.41) is 19.0. The van der Waals surface area contributed by atoms with Gasteiger partial charge in [0.25, 0.3) is 0 Å². The topological polar surface area (TPSA) is 101 Å². The zero-order chi connectivity index (χ0) is 14.2. The number of nitrogens with zero attached hydrogens (tertiary/aromatic N) is 4. The summed E-state index contributed by atoms with van der Waals surface area (Å²) in [6, 6.07) is 5.61. The quantitative estimate of drug-likeness (QED) is 0.225. The lowest BCUT2D eigenvalue weighted by Gasteiger charge is -2.06. The zero-order valence-corrected chi connectivity index (χ0v) is 11.1. The number of rotatable bonds is 7. The molecular formula is C13H18N6O. The van der Waals surface area contributed by atoms with E-state index in [-0.39, 0.29) is 5.84 Å². The van der Waals surface area contributed by atoms with E-state index in [1.807, 2.05) is 23.0 Å². The van der Waals surface area contributed by atoms with Gasteiger partial charge in [0, 0.05) is 31.7 Å².